The summed E-state index contributed by atoms with van der Waals surface area (Å²) in [7, 11) is 0. The second-order valence-electron chi connectivity index (χ2n) is 5.79. The number of hydrogen-bond donors (Lipinski definition) is 0. The van der Waals surface area contributed by atoms with Crippen molar-refractivity contribution in [2.75, 3.05) is 11.4 Å². The highest BCUT2D eigenvalue weighted by atomic mass is 32.1. The third-order valence-electron chi connectivity index (χ3n) is 4.47. The standard InChI is InChI=1S/C18H18N2S/c1-12-7-8-16-17(13(12)2)19-18(21-16)20-10-9-14-5-3-4-6-15(14)11-20/h3-8H,9-11H2,1-2H3. The number of benzene rings is 2. The van der Waals surface area contributed by atoms with Gasteiger partial charge in [0.15, 0.2) is 5.13 Å². The van der Waals surface area contributed by atoms with Gasteiger partial charge in [0.2, 0.25) is 0 Å². The largest absolute Gasteiger partial charge is 0.343 e. The monoisotopic (exact) mass is 294 g/mol. The van der Waals surface area contributed by atoms with Gasteiger partial charge < -0.3 is 4.90 Å². The summed E-state index contributed by atoms with van der Waals surface area (Å²) in [5.74, 6) is 0. The van der Waals surface area contributed by atoms with E-state index in [-0.39, 0.29) is 0 Å². The average molecular weight is 294 g/mol. The summed E-state index contributed by atoms with van der Waals surface area (Å²) >= 11 is 1.82. The van der Waals surface area contributed by atoms with E-state index in [4.69, 9.17) is 4.98 Å². The van der Waals surface area contributed by atoms with Gasteiger partial charge in [-0.3, -0.25) is 0 Å². The first-order valence-corrected chi connectivity index (χ1v) is 8.22. The molecule has 0 saturated carbocycles. The van der Waals surface area contributed by atoms with E-state index in [0.29, 0.717) is 0 Å². The number of fused-ring (bicyclic) bond motifs is 2. The Kier molecular flexibility index (Phi) is 2.96. The van der Waals surface area contributed by atoms with Gasteiger partial charge in [-0.25, -0.2) is 4.98 Å². The minimum Gasteiger partial charge on any atom is -0.343 e. The quantitative estimate of drug-likeness (QED) is 0.658. The second kappa shape index (κ2) is 4.85. The molecule has 1 aliphatic heterocycles. The molecule has 0 amide bonds. The molecule has 4 rings (SSSR count). The van der Waals surface area contributed by atoms with Crippen molar-refractivity contribution >= 4 is 26.7 Å². The van der Waals surface area contributed by atoms with Crippen molar-refractivity contribution in [3.63, 3.8) is 0 Å². The van der Waals surface area contributed by atoms with Crippen molar-refractivity contribution in [2.45, 2.75) is 26.8 Å². The molecular formula is C18H18N2S. The molecule has 0 saturated heterocycles. The summed E-state index contributed by atoms with van der Waals surface area (Å²) in [4.78, 5) is 7.33. The summed E-state index contributed by atoms with van der Waals surface area (Å²) in [6, 6.07) is 13.2. The number of nitrogens with zero attached hydrogens (tertiary/aromatic N) is 2. The third kappa shape index (κ3) is 2.12. The minimum absolute atomic E-state index is 0.980. The third-order valence-corrected chi connectivity index (χ3v) is 5.56. The lowest BCUT2D eigenvalue weighted by Crippen LogP contribution is -2.30. The van der Waals surface area contributed by atoms with E-state index in [0.717, 1.165) is 24.6 Å². The Hall–Kier alpha value is -1.87. The van der Waals surface area contributed by atoms with Gasteiger partial charge in [0.25, 0.3) is 0 Å². The van der Waals surface area contributed by atoms with Crippen LogP contribution in [0.15, 0.2) is 36.4 Å². The van der Waals surface area contributed by atoms with E-state index in [1.807, 2.05) is 11.3 Å². The lowest BCUT2D eigenvalue weighted by Gasteiger charge is -2.28. The van der Waals surface area contributed by atoms with Crippen LogP contribution in [0.2, 0.25) is 0 Å². The number of rotatable bonds is 1. The molecule has 0 unspecified atom stereocenters. The van der Waals surface area contributed by atoms with E-state index in [2.05, 4.69) is 55.1 Å². The van der Waals surface area contributed by atoms with Gasteiger partial charge in [0.05, 0.1) is 10.2 Å². The topological polar surface area (TPSA) is 16.1 Å². The highest BCUT2D eigenvalue weighted by molar-refractivity contribution is 7.22. The molecule has 0 N–H and O–H groups in total. The fourth-order valence-electron chi connectivity index (χ4n) is 3.01. The molecule has 0 spiro atoms. The Bertz CT molecular complexity index is 819. The van der Waals surface area contributed by atoms with Crippen LogP contribution < -0.4 is 4.90 Å². The summed E-state index contributed by atoms with van der Waals surface area (Å²) in [5.41, 5.74) is 6.74. The van der Waals surface area contributed by atoms with E-state index in [1.165, 1.54) is 32.5 Å². The molecule has 0 fully saturated rings. The molecule has 0 atom stereocenters. The Morgan fingerprint density at radius 3 is 2.71 bits per heavy atom. The molecule has 1 aromatic heterocycles. The molecule has 1 aliphatic rings. The van der Waals surface area contributed by atoms with Crippen LogP contribution in [0, 0.1) is 13.8 Å². The van der Waals surface area contributed by atoms with Gasteiger partial charge in [0.1, 0.15) is 0 Å². The Labute approximate surface area is 129 Å². The Morgan fingerprint density at radius 1 is 1.05 bits per heavy atom. The van der Waals surface area contributed by atoms with Crippen LogP contribution in [-0.4, -0.2) is 11.5 Å². The molecule has 0 radical (unpaired) electrons. The molecule has 106 valence electrons. The second-order valence-corrected chi connectivity index (χ2v) is 6.80. The summed E-state index contributed by atoms with van der Waals surface area (Å²) in [6.45, 7) is 6.38. The lowest BCUT2D eigenvalue weighted by molar-refractivity contribution is 0.730. The van der Waals surface area contributed by atoms with Crippen LogP contribution in [0.5, 0.6) is 0 Å². The van der Waals surface area contributed by atoms with Crippen molar-refractivity contribution in [1.82, 2.24) is 4.98 Å². The van der Waals surface area contributed by atoms with Crippen molar-refractivity contribution < 1.29 is 0 Å². The van der Waals surface area contributed by atoms with Gasteiger partial charge in [-0.05, 0) is 48.6 Å². The minimum atomic E-state index is 0.980. The zero-order valence-corrected chi connectivity index (χ0v) is 13.2. The zero-order chi connectivity index (χ0) is 14.4. The smallest absolute Gasteiger partial charge is 0.186 e. The summed E-state index contributed by atoms with van der Waals surface area (Å²) in [6.07, 6.45) is 1.12. The number of aryl methyl sites for hydroxylation is 2. The van der Waals surface area contributed by atoms with Crippen molar-refractivity contribution in [3.05, 3.63) is 58.7 Å². The number of hydrogen-bond acceptors (Lipinski definition) is 3. The predicted octanol–water partition coefficient (Wildman–Crippen LogP) is 4.48. The van der Waals surface area contributed by atoms with Crippen LogP contribution in [0.4, 0.5) is 5.13 Å². The van der Waals surface area contributed by atoms with Crippen LogP contribution in [0.1, 0.15) is 22.3 Å². The maximum absolute atomic E-state index is 4.91. The zero-order valence-electron chi connectivity index (χ0n) is 12.4. The van der Waals surface area contributed by atoms with Gasteiger partial charge in [0, 0.05) is 13.1 Å². The highest BCUT2D eigenvalue weighted by Gasteiger charge is 2.19. The van der Waals surface area contributed by atoms with Gasteiger partial charge in [-0.2, -0.15) is 0 Å². The van der Waals surface area contributed by atoms with Crippen molar-refractivity contribution in [1.29, 1.82) is 0 Å². The number of anilines is 1. The van der Waals surface area contributed by atoms with Crippen molar-refractivity contribution in [3.8, 4) is 0 Å². The fourth-order valence-corrected chi connectivity index (χ4v) is 4.06. The lowest BCUT2D eigenvalue weighted by atomic mass is 10.0. The number of aromatic nitrogens is 1. The van der Waals surface area contributed by atoms with Gasteiger partial charge >= 0.3 is 0 Å². The molecule has 0 aliphatic carbocycles. The molecule has 21 heavy (non-hydrogen) atoms. The normalized spacial score (nSPS) is 14.5. The van der Waals surface area contributed by atoms with Crippen LogP contribution in [0.3, 0.4) is 0 Å². The SMILES string of the molecule is Cc1ccc2sc(N3CCc4ccccc4C3)nc2c1C. The van der Waals surface area contributed by atoms with E-state index in [1.54, 1.807) is 0 Å². The maximum atomic E-state index is 4.91. The predicted molar refractivity (Wildman–Crippen MR) is 90.3 cm³/mol. The summed E-state index contributed by atoms with van der Waals surface area (Å²) in [5, 5.41) is 1.16. The molecule has 3 heteroatoms. The highest BCUT2D eigenvalue weighted by Crippen LogP contribution is 2.34. The van der Waals surface area contributed by atoms with Crippen LogP contribution in [0.25, 0.3) is 10.2 Å². The molecule has 2 heterocycles. The fraction of sp³-hybridized carbons (Fsp3) is 0.278. The number of thiazole rings is 1. The maximum Gasteiger partial charge on any atom is 0.186 e. The van der Waals surface area contributed by atoms with E-state index < -0.39 is 0 Å². The van der Waals surface area contributed by atoms with Crippen LogP contribution in [-0.2, 0) is 13.0 Å². The first-order chi connectivity index (χ1) is 10.2. The van der Waals surface area contributed by atoms with Gasteiger partial charge in [-0.1, -0.05) is 41.7 Å². The Morgan fingerprint density at radius 2 is 1.86 bits per heavy atom. The van der Waals surface area contributed by atoms with E-state index >= 15 is 0 Å². The average Bonchev–Trinajstić information content (AvgIpc) is 2.95. The summed E-state index contributed by atoms with van der Waals surface area (Å²) < 4.78 is 1.30. The van der Waals surface area contributed by atoms with Crippen LogP contribution >= 0.6 is 11.3 Å². The molecule has 2 nitrogen and oxygen atoms in total. The van der Waals surface area contributed by atoms with E-state index in [9.17, 15) is 0 Å². The van der Waals surface area contributed by atoms with Crippen molar-refractivity contribution in [2.24, 2.45) is 0 Å². The molecule has 2 aromatic carbocycles. The molecule has 3 aromatic rings. The first-order valence-electron chi connectivity index (χ1n) is 7.41. The molecular weight excluding hydrogens is 276 g/mol. The van der Waals surface area contributed by atoms with Gasteiger partial charge in [-0.15, -0.1) is 0 Å². The Balaban J connectivity index is 1.73. The first kappa shape index (κ1) is 12.8. The molecule has 0 bridgehead atoms.